The summed E-state index contributed by atoms with van der Waals surface area (Å²) in [6.07, 6.45) is 0.779. The van der Waals surface area contributed by atoms with E-state index in [9.17, 15) is 4.79 Å². The molecule has 1 aromatic carbocycles. The van der Waals surface area contributed by atoms with E-state index in [2.05, 4.69) is 5.16 Å². The molecule has 23 heavy (non-hydrogen) atoms. The molecule has 0 saturated heterocycles. The van der Waals surface area contributed by atoms with Crippen molar-refractivity contribution in [1.82, 2.24) is 5.16 Å². The number of hydrogen-bond donors (Lipinski definition) is 0. The van der Waals surface area contributed by atoms with Crippen molar-refractivity contribution in [3.05, 3.63) is 56.8 Å². The van der Waals surface area contributed by atoms with Gasteiger partial charge in [-0.1, -0.05) is 12.1 Å². The smallest absolute Gasteiger partial charge is 0.336 e. The van der Waals surface area contributed by atoms with Crippen LogP contribution in [0.5, 0.6) is 5.75 Å². The first-order valence-corrected chi connectivity index (χ1v) is 7.62. The van der Waals surface area contributed by atoms with Crippen LogP contribution in [0.15, 0.2) is 31.9 Å². The van der Waals surface area contributed by atoms with E-state index in [0.29, 0.717) is 17.9 Å². The molecule has 5 heteroatoms. The summed E-state index contributed by atoms with van der Waals surface area (Å²) in [6, 6.07) is 5.40. The fourth-order valence-electron chi connectivity index (χ4n) is 2.71. The molecule has 5 nitrogen and oxygen atoms in total. The Morgan fingerprint density at radius 3 is 2.65 bits per heavy atom. The summed E-state index contributed by atoms with van der Waals surface area (Å²) in [6.45, 7) is 8.03. The molecule has 2 heterocycles. The number of ether oxygens (including phenoxy) is 1. The number of hydrogen-bond acceptors (Lipinski definition) is 5. The van der Waals surface area contributed by atoms with Crippen LogP contribution in [-0.4, -0.2) is 5.16 Å². The van der Waals surface area contributed by atoms with Gasteiger partial charge in [0.1, 0.15) is 23.7 Å². The summed E-state index contributed by atoms with van der Waals surface area (Å²) in [4.78, 5) is 11.7. The molecule has 0 bridgehead atoms. The van der Waals surface area contributed by atoms with Crippen LogP contribution < -0.4 is 10.4 Å². The van der Waals surface area contributed by atoms with E-state index in [1.165, 1.54) is 0 Å². The summed E-state index contributed by atoms with van der Waals surface area (Å²) in [5, 5.41) is 4.87. The van der Waals surface area contributed by atoms with Crippen molar-refractivity contribution in [1.29, 1.82) is 0 Å². The molecule has 0 fully saturated rings. The molecule has 2 aromatic heterocycles. The SMILES string of the molecule is CCc1cc(=O)oc2c(C)c(OCc3c(C)noc3C)ccc12. The summed E-state index contributed by atoms with van der Waals surface area (Å²) < 4.78 is 16.4. The molecule has 0 unspecified atom stereocenters. The quantitative estimate of drug-likeness (QED) is 0.684. The van der Waals surface area contributed by atoms with E-state index >= 15 is 0 Å². The maximum atomic E-state index is 11.7. The van der Waals surface area contributed by atoms with Crippen LogP contribution in [0, 0.1) is 20.8 Å². The van der Waals surface area contributed by atoms with Gasteiger partial charge in [-0.25, -0.2) is 4.79 Å². The van der Waals surface area contributed by atoms with Crippen molar-refractivity contribution < 1.29 is 13.7 Å². The van der Waals surface area contributed by atoms with Gasteiger partial charge in [0, 0.05) is 17.0 Å². The van der Waals surface area contributed by atoms with E-state index in [-0.39, 0.29) is 5.63 Å². The first-order valence-electron chi connectivity index (χ1n) is 7.62. The van der Waals surface area contributed by atoms with Gasteiger partial charge in [0.2, 0.25) is 0 Å². The Kier molecular flexibility index (Phi) is 3.94. The van der Waals surface area contributed by atoms with Gasteiger partial charge in [0.05, 0.1) is 11.3 Å². The van der Waals surface area contributed by atoms with Gasteiger partial charge in [-0.2, -0.15) is 0 Å². The first kappa shape index (κ1) is 15.3. The van der Waals surface area contributed by atoms with Crippen LogP contribution in [-0.2, 0) is 13.0 Å². The lowest BCUT2D eigenvalue weighted by atomic mass is 10.0. The Hall–Kier alpha value is -2.56. The normalized spacial score (nSPS) is 11.1. The summed E-state index contributed by atoms with van der Waals surface area (Å²) in [5.41, 5.74) is 3.82. The minimum absolute atomic E-state index is 0.333. The lowest BCUT2D eigenvalue weighted by molar-refractivity contribution is 0.299. The molecule has 0 radical (unpaired) electrons. The summed E-state index contributed by atoms with van der Waals surface area (Å²) >= 11 is 0. The van der Waals surface area contributed by atoms with Crippen molar-refractivity contribution in [3.8, 4) is 5.75 Å². The predicted octanol–water partition coefficient (Wildman–Crippen LogP) is 3.85. The van der Waals surface area contributed by atoms with E-state index < -0.39 is 0 Å². The second-order valence-corrected chi connectivity index (χ2v) is 5.60. The Morgan fingerprint density at radius 1 is 1.22 bits per heavy atom. The third-order valence-electron chi connectivity index (χ3n) is 4.13. The molecule has 120 valence electrons. The lowest BCUT2D eigenvalue weighted by Gasteiger charge is -2.11. The van der Waals surface area contributed by atoms with E-state index in [1.807, 2.05) is 39.8 Å². The van der Waals surface area contributed by atoms with Crippen molar-refractivity contribution in [3.63, 3.8) is 0 Å². The molecule has 0 atom stereocenters. The Labute approximate surface area is 133 Å². The molecule has 0 aliphatic rings. The molecular formula is C18H19NO4. The highest BCUT2D eigenvalue weighted by Crippen LogP contribution is 2.29. The van der Waals surface area contributed by atoms with Crippen molar-refractivity contribution in [2.45, 2.75) is 40.7 Å². The van der Waals surface area contributed by atoms with Crippen LogP contribution >= 0.6 is 0 Å². The molecule has 0 N–H and O–H groups in total. The van der Waals surface area contributed by atoms with E-state index in [0.717, 1.165) is 40.0 Å². The van der Waals surface area contributed by atoms with E-state index in [4.69, 9.17) is 13.7 Å². The topological polar surface area (TPSA) is 65.5 Å². The third kappa shape index (κ3) is 2.74. The highest BCUT2D eigenvalue weighted by Gasteiger charge is 2.13. The molecule has 0 saturated carbocycles. The largest absolute Gasteiger partial charge is 0.488 e. The number of aryl methyl sites for hydroxylation is 4. The number of nitrogens with zero attached hydrogens (tertiary/aromatic N) is 1. The number of benzene rings is 1. The van der Waals surface area contributed by atoms with Gasteiger partial charge in [0.15, 0.2) is 0 Å². The Balaban J connectivity index is 1.99. The zero-order valence-corrected chi connectivity index (χ0v) is 13.7. The van der Waals surface area contributed by atoms with Gasteiger partial charge in [0.25, 0.3) is 0 Å². The van der Waals surface area contributed by atoms with Crippen LogP contribution in [0.3, 0.4) is 0 Å². The van der Waals surface area contributed by atoms with Crippen LogP contribution in [0.25, 0.3) is 11.0 Å². The Bertz CT molecular complexity index is 901. The molecule has 3 aromatic rings. The standard InChI is InChI=1S/C18H19NO4/c1-5-13-8-17(20)22-18-10(2)16(7-6-14(13)18)21-9-15-11(3)19-23-12(15)4/h6-8H,5,9H2,1-4H3. The van der Waals surface area contributed by atoms with Gasteiger partial charge in [-0.05, 0) is 44.9 Å². The zero-order valence-electron chi connectivity index (χ0n) is 13.7. The maximum absolute atomic E-state index is 11.7. The molecule has 0 aliphatic carbocycles. The molecule has 0 aliphatic heterocycles. The molecular weight excluding hydrogens is 294 g/mol. The predicted molar refractivity (Wildman–Crippen MR) is 86.9 cm³/mol. The Morgan fingerprint density at radius 2 is 2.00 bits per heavy atom. The summed E-state index contributed by atoms with van der Waals surface area (Å²) in [5.74, 6) is 1.44. The van der Waals surface area contributed by atoms with Crippen LogP contribution in [0.2, 0.25) is 0 Å². The number of fused-ring (bicyclic) bond motifs is 1. The minimum atomic E-state index is -0.333. The zero-order chi connectivity index (χ0) is 16.6. The highest BCUT2D eigenvalue weighted by molar-refractivity contribution is 5.84. The second-order valence-electron chi connectivity index (χ2n) is 5.60. The molecule has 3 rings (SSSR count). The first-order chi connectivity index (χ1) is 11.0. The molecule has 0 spiro atoms. The second kappa shape index (κ2) is 5.91. The minimum Gasteiger partial charge on any atom is -0.488 e. The molecule has 0 amide bonds. The van der Waals surface area contributed by atoms with Crippen molar-refractivity contribution in [2.75, 3.05) is 0 Å². The summed E-state index contributed by atoms with van der Waals surface area (Å²) in [7, 11) is 0. The number of rotatable bonds is 4. The fourth-order valence-corrected chi connectivity index (χ4v) is 2.71. The van der Waals surface area contributed by atoms with Gasteiger partial charge in [-0.15, -0.1) is 0 Å². The highest BCUT2D eigenvalue weighted by atomic mass is 16.5. The third-order valence-corrected chi connectivity index (χ3v) is 4.13. The number of aromatic nitrogens is 1. The average Bonchev–Trinajstić information content (AvgIpc) is 2.85. The maximum Gasteiger partial charge on any atom is 0.336 e. The average molecular weight is 313 g/mol. The van der Waals surface area contributed by atoms with Gasteiger partial charge in [-0.3, -0.25) is 0 Å². The van der Waals surface area contributed by atoms with Crippen molar-refractivity contribution >= 4 is 11.0 Å². The van der Waals surface area contributed by atoms with Gasteiger partial charge < -0.3 is 13.7 Å². The van der Waals surface area contributed by atoms with Crippen molar-refractivity contribution in [2.24, 2.45) is 0 Å². The van der Waals surface area contributed by atoms with Crippen LogP contribution in [0.4, 0.5) is 0 Å². The van der Waals surface area contributed by atoms with Crippen LogP contribution in [0.1, 0.15) is 35.1 Å². The van der Waals surface area contributed by atoms with E-state index in [1.54, 1.807) is 6.07 Å². The fraction of sp³-hybridized carbons (Fsp3) is 0.333. The monoisotopic (exact) mass is 313 g/mol. The lowest BCUT2D eigenvalue weighted by Crippen LogP contribution is -2.03. The van der Waals surface area contributed by atoms with Gasteiger partial charge >= 0.3 is 5.63 Å².